The fourth-order valence-electron chi connectivity index (χ4n) is 2.81. The maximum atomic E-state index is 13.0. The Morgan fingerprint density at radius 1 is 1.35 bits per heavy atom. The van der Waals surface area contributed by atoms with Crippen molar-refractivity contribution in [3.05, 3.63) is 35.9 Å². The number of rotatable bonds is 6. The van der Waals surface area contributed by atoms with Crippen molar-refractivity contribution >= 4 is 17.7 Å². The van der Waals surface area contributed by atoms with Gasteiger partial charge in [0.25, 0.3) is 11.8 Å². The first-order valence-corrected chi connectivity index (χ1v) is 7.63. The zero-order chi connectivity index (χ0) is 16.9. The number of amides is 3. The molecule has 1 unspecified atom stereocenters. The Balaban J connectivity index is 2.39. The number of unbranched alkanes of at least 4 members (excludes halogenated alkanes) is 1. The molecule has 0 radical (unpaired) electrons. The van der Waals surface area contributed by atoms with E-state index in [4.69, 9.17) is 5.21 Å². The molecule has 0 saturated carbocycles. The summed E-state index contributed by atoms with van der Waals surface area (Å²) in [5.41, 5.74) is 1.20. The number of hydrogen-bond acceptors (Lipinski definition) is 5. The summed E-state index contributed by atoms with van der Waals surface area (Å²) in [4.78, 5) is 37.3. The number of piperazine rings is 1. The fraction of sp³-hybridized carbons (Fsp3) is 0.438. The molecule has 0 bridgehead atoms. The van der Waals surface area contributed by atoms with Crippen LogP contribution in [0.5, 0.6) is 0 Å². The first kappa shape index (κ1) is 17.1. The zero-order valence-corrected chi connectivity index (χ0v) is 13.0. The van der Waals surface area contributed by atoms with Crippen LogP contribution in [0.1, 0.15) is 31.7 Å². The Labute approximate surface area is 134 Å². The van der Waals surface area contributed by atoms with Crippen LogP contribution in [0.2, 0.25) is 0 Å². The van der Waals surface area contributed by atoms with Crippen molar-refractivity contribution in [1.82, 2.24) is 15.7 Å². The van der Waals surface area contributed by atoms with Gasteiger partial charge in [0.05, 0.1) is 6.54 Å². The molecule has 1 aromatic carbocycles. The summed E-state index contributed by atoms with van der Waals surface area (Å²) < 4.78 is 0. The number of carbonyl (C=O) groups is 3. The fourth-order valence-corrected chi connectivity index (χ4v) is 2.81. The van der Waals surface area contributed by atoms with Crippen LogP contribution >= 0.6 is 0 Å². The molecule has 1 aliphatic heterocycles. The normalized spacial score (nSPS) is 21.4. The smallest absolute Gasteiger partial charge is 0.263 e. The minimum absolute atomic E-state index is 0.0386. The maximum absolute atomic E-state index is 13.0. The van der Waals surface area contributed by atoms with Crippen molar-refractivity contribution in [3.63, 3.8) is 0 Å². The molecule has 1 atom stereocenters. The second-order valence-electron chi connectivity index (χ2n) is 5.55. The van der Waals surface area contributed by atoms with Crippen LogP contribution in [0.15, 0.2) is 30.3 Å². The molecule has 0 aromatic heterocycles. The Kier molecular flexibility index (Phi) is 5.46. The highest BCUT2D eigenvalue weighted by Crippen LogP contribution is 2.32. The number of nitrogens with zero attached hydrogens (tertiary/aromatic N) is 1. The van der Waals surface area contributed by atoms with Crippen molar-refractivity contribution in [2.45, 2.75) is 31.7 Å². The van der Waals surface area contributed by atoms with E-state index in [-0.39, 0.29) is 6.54 Å². The van der Waals surface area contributed by atoms with Crippen LogP contribution in [0.4, 0.5) is 0 Å². The molecular weight excluding hydrogens is 298 g/mol. The topological polar surface area (TPSA) is 98.7 Å². The van der Waals surface area contributed by atoms with Crippen molar-refractivity contribution in [3.8, 4) is 0 Å². The average Bonchev–Trinajstić information content (AvgIpc) is 2.59. The van der Waals surface area contributed by atoms with Crippen molar-refractivity contribution in [2.75, 3.05) is 13.1 Å². The number of nitrogens with one attached hydrogen (secondary N) is 2. The standard InChI is InChI=1S/C16H21N3O4/c1-2-3-9-16(12-7-5-4-6-8-12)15(22)19(11-13(20)18-23)14(21)10-17-16/h4-8,17,23H,2-3,9-11H2,1H3,(H,18,20). The van der Waals surface area contributed by atoms with Crippen molar-refractivity contribution in [2.24, 2.45) is 0 Å². The molecule has 3 amide bonds. The molecule has 1 aliphatic rings. The second-order valence-corrected chi connectivity index (χ2v) is 5.55. The third-order valence-electron chi connectivity index (χ3n) is 4.05. The van der Waals surface area contributed by atoms with Crippen LogP contribution in [0, 0.1) is 0 Å². The lowest BCUT2D eigenvalue weighted by molar-refractivity contribution is -0.157. The van der Waals surface area contributed by atoms with E-state index in [9.17, 15) is 14.4 Å². The van der Waals surface area contributed by atoms with Crippen LogP contribution < -0.4 is 10.8 Å². The summed E-state index contributed by atoms with van der Waals surface area (Å²) in [5, 5.41) is 11.7. The van der Waals surface area contributed by atoms with E-state index in [0.29, 0.717) is 6.42 Å². The molecule has 1 heterocycles. The quantitative estimate of drug-likeness (QED) is 0.404. The van der Waals surface area contributed by atoms with Gasteiger partial charge in [0, 0.05) is 0 Å². The summed E-state index contributed by atoms with van der Waals surface area (Å²) in [6.45, 7) is 1.49. The van der Waals surface area contributed by atoms with Gasteiger partial charge in [0.2, 0.25) is 5.91 Å². The number of hydroxylamine groups is 1. The minimum Gasteiger partial charge on any atom is -0.291 e. The van der Waals surface area contributed by atoms with Gasteiger partial charge in [-0.15, -0.1) is 0 Å². The SMILES string of the molecule is CCCCC1(c2ccccc2)NCC(=O)N(CC(=O)NO)C1=O. The third kappa shape index (κ3) is 3.40. The molecule has 3 N–H and O–H groups in total. The van der Waals surface area contributed by atoms with Gasteiger partial charge >= 0.3 is 0 Å². The van der Waals surface area contributed by atoms with E-state index < -0.39 is 29.8 Å². The van der Waals surface area contributed by atoms with E-state index in [2.05, 4.69) is 5.32 Å². The van der Waals surface area contributed by atoms with E-state index in [1.165, 1.54) is 5.48 Å². The van der Waals surface area contributed by atoms with Crippen molar-refractivity contribution in [1.29, 1.82) is 0 Å². The van der Waals surface area contributed by atoms with Gasteiger partial charge in [0.1, 0.15) is 12.1 Å². The molecule has 2 rings (SSSR count). The first-order valence-electron chi connectivity index (χ1n) is 7.63. The molecule has 7 heteroatoms. The predicted molar refractivity (Wildman–Crippen MR) is 82.3 cm³/mol. The first-order chi connectivity index (χ1) is 11.0. The maximum Gasteiger partial charge on any atom is 0.263 e. The number of hydrogen-bond donors (Lipinski definition) is 3. The van der Waals surface area contributed by atoms with Crippen LogP contribution in [0.25, 0.3) is 0 Å². The van der Waals surface area contributed by atoms with E-state index >= 15 is 0 Å². The van der Waals surface area contributed by atoms with Crippen molar-refractivity contribution < 1.29 is 19.6 Å². The Bertz CT molecular complexity index is 590. The lowest BCUT2D eigenvalue weighted by Gasteiger charge is -2.41. The molecule has 1 aromatic rings. The minimum atomic E-state index is -1.03. The van der Waals surface area contributed by atoms with E-state index in [1.807, 2.05) is 37.3 Å². The molecule has 0 aliphatic carbocycles. The van der Waals surface area contributed by atoms with Gasteiger partial charge in [-0.1, -0.05) is 50.1 Å². The molecule has 1 fully saturated rings. The molecule has 7 nitrogen and oxygen atoms in total. The summed E-state index contributed by atoms with van der Waals surface area (Å²) in [5.74, 6) is -1.75. The van der Waals surface area contributed by atoms with Gasteiger partial charge < -0.3 is 0 Å². The number of benzene rings is 1. The summed E-state index contributed by atoms with van der Waals surface area (Å²) >= 11 is 0. The highest BCUT2D eigenvalue weighted by molar-refractivity contribution is 6.06. The monoisotopic (exact) mass is 319 g/mol. The van der Waals surface area contributed by atoms with E-state index in [1.54, 1.807) is 0 Å². The van der Waals surface area contributed by atoms with Gasteiger partial charge in [0.15, 0.2) is 0 Å². The van der Waals surface area contributed by atoms with E-state index in [0.717, 1.165) is 23.3 Å². The Hall–Kier alpha value is -2.25. The molecule has 0 spiro atoms. The number of carbonyl (C=O) groups excluding carboxylic acids is 3. The largest absolute Gasteiger partial charge is 0.291 e. The predicted octanol–water partition coefficient (Wildman–Crippen LogP) is 0.536. The van der Waals surface area contributed by atoms with Gasteiger partial charge in [-0.3, -0.25) is 29.8 Å². The molecular formula is C16H21N3O4. The Morgan fingerprint density at radius 2 is 2.04 bits per heavy atom. The van der Waals surface area contributed by atoms with Gasteiger partial charge in [-0.25, -0.2) is 5.48 Å². The average molecular weight is 319 g/mol. The van der Waals surface area contributed by atoms with Crippen LogP contribution in [-0.4, -0.2) is 40.9 Å². The van der Waals surface area contributed by atoms with Gasteiger partial charge in [-0.2, -0.15) is 0 Å². The highest BCUT2D eigenvalue weighted by Gasteiger charge is 2.48. The molecule has 23 heavy (non-hydrogen) atoms. The van der Waals surface area contributed by atoms with Gasteiger partial charge in [-0.05, 0) is 12.0 Å². The second kappa shape index (κ2) is 7.34. The van der Waals surface area contributed by atoms with Crippen LogP contribution in [0.3, 0.4) is 0 Å². The summed E-state index contributed by atoms with van der Waals surface area (Å²) in [7, 11) is 0. The van der Waals surface area contributed by atoms with Crippen LogP contribution in [-0.2, 0) is 19.9 Å². The molecule has 124 valence electrons. The lowest BCUT2D eigenvalue weighted by Crippen LogP contribution is -2.65. The lowest BCUT2D eigenvalue weighted by atomic mass is 9.82. The summed E-state index contributed by atoms with van der Waals surface area (Å²) in [6.07, 6.45) is 2.22. The highest BCUT2D eigenvalue weighted by atomic mass is 16.5. The molecule has 1 saturated heterocycles. The summed E-state index contributed by atoms with van der Waals surface area (Å²) in [6, 6.07) is 9.19. The number of imide groups is 1. The Morgan fingerprint density at radius 3 is 2.65 bits per heavy atom. The zero-order valence-electron chi connectivity index (χ0n) is 13.0. The third-order valence-corrected chi connectivity index (χ3v) is 4.05.